The highest BCUT2D eigenvalue weighted by Gasteiger charge is 2.52. The summed E-state index contributed by atoms with van der Waals surface area (Å²) in [6, 6.07) is 4.19. The zero-order valence-electron chi connectivity index (χ0n) is 8.69. The van der Waals surface area contributed by atoms with Crippen molar-refractivity contribution in [1.29, 1.82) is 0 Å². The van der Waals surface area contributed by atoms with E-state index in [-0.39, 0.29) is 0 Å². The van der Waals surface area contributed by atoms with E-state index < -0.39 is 0 Å². The fraction of sp³-hybridized carbons (Fsp3) is 0.500. The summed E-state index contributed by atoms with van der Waals surface area (Å²) in [7, 11) is 0. The highest BCUT2D eigenvalue weighted by Crippen LogP contribution is 2.54. The Kier molecular flexibility index (Phi) is 2.09. The van der Waals surface area contributed by atoms with Gasteiger partial charge in [0, 0.05) is 28.0 Å². The normalized spacial score (nSPS) is 21.7. The molecule has 1 aliphatic carbocycles. The van der Waals surface area contributed by atoms with Crippen molar-refractivity contribution in [3.8, 4) is 0 Å². The van der Waals surface area contributed by atoms with E-state index in [0.29, 0.717) is 5.41 Å². The summed E-state index contributed by atoms with van der Waals surface area (Å²) < 4.78 is 1.17. The molecule has 2 fully saturated rings. The van der Waals surface area contributed by atoms with E-state index in [1.807, 2.05) is 6.92 Å². The molecule has 1 saturated heterocycles. The van der Waals surface area contributed by atoms with Crippen molar-refractivity contribution in [2.75, 3.05) is 18.0 Å². The van der Waals surface area contributed by atoms with Gasteiger partial charge in [-0.15, -0.1) is 0 Å². The second-order valence-corrected chi connectivity index (χ2v) is 6.17. The van der Waals surface area contributed by atoms with E-state index in [9.17, 15) is 0 Å². The fourth-order valence-electron chi connectivity index (χ4n) is 2.30. The first-order valence-electron chi connectivity index (χ1n) is 5.30. The van der Waals surface area contributed by atoms with Crippen LogP contribution in [0.1, 0.15) is 18.4 Å². The number of nitrogens with zero attached hydrogens (tertiary/aromatic N) is 1. The Bertz CT molecular complexity index is 418. The Morgan fingerprint density at radius 3 is 2.60 bits per heavy atom. The van der Waals surface area contributed by atoms with E-state index in [0.717, 1.165) is 10.6 Å². The summed E-state index contributed by atoms with van der Waals surface area (Å²) in [6.07, 6.45) is 2.83. The van der Waals surface area contributed by atoms with Crippen LogP contribution in [0, 0.1) is 12.3 Å². The molecule has 0 aromatic heterocycles. The third-order valence-electron chi connectivity index (χ3n) is 3.58. The van der Waals surface area contributed by atoms with Crippen LogP contribution in [-0.2, 0) is 0 Å². The molecule has 0 amide bonds. The molecule has 1 aromatic carbocycles. The van der Waals surface area contributed by atoms with Crippen molar-refractivity contribution in [2.45, 2.75) is 19.8 Å². The quantitative estimate of drug-likeness (QED) is 0.754. The minimum absolute atomic E-state index is 0.691. The number of benzene rings is 1. The Balaban J connectivity index is 1.88. The first-order valence-corrected chi connectivity index (χ1v) is 6.47. The van der Waals surface area contributed by atoms with Gasteiger partial charge in [-0.3, -0.25) is 0 Å². The van der Waals surface area contributed by atoms with Gasteiger partial charge in [0.25, 0.3) is 0 Å². The van der Waals surface area contributed by atoms with Gasteiger partial charge in [-0.05, 0) is 53.4 Å². The predicted octanol–water partition coefficient (Wildman–Crippen LogP) is 4.01. The van der Waals surface area contributed by atoms with E-state index in [2.05, 4.69) is 33.0 Å². The van der Waals surface area contributed by atoms with Crippen molar-refractivity contribution in [3.05, 3.63) is 27.2 Å². The zero-order chi connectivity index (χ0) is 10.6. The molecule has 15 heavy (non-hydrogen) atoms. The lowest BCUT2D eigenvalue weighted by Crippen LogP contribution is -2.48. The molecule has 1 aromatic rings. The molecule has 0 N–H and O–H groups in total. The van der Waals surface area contributed by atoms with E-state index in [1.165, 1.54) is 36.1 Å². The van der Waals surface area contributed by atoms with Crippen LogP contribution >= 0.6 is 27.5 Å². The van der Waals surface area contributed by atoms with E-state index in [1.54, 1.807) is 0 Å². The minimum Gasteiger partial charge on any atom is -0.369 e. The third-order valence-corrected chi connectivity index (χ3v) is 4.62. The molecule has 2 aliphatic rings. The molecule has 1 aliphatic heterocycles. The standard InChI is InChI=1S/C12H13BrClN/c1-8-4-9(13)11(5-10(8)14)15-6-12(7-15)2-3-12/h4-5H,2-3,6-7H2,1H3. The zero-order valence-corrected chi connectivity index (χ0v) is 11.0. The molecule has 0 atom stereocenters. The smallest absolute Gasteiger partial charge is 0.0526 e. The van der Waals surface area contributed by atoms with Crippen molar-refractivity contribution in [3.63, 3.8) is 0 Å². The number of aryl methyl sites for hydroxylation is 1. The average Bonchev–Trinajstić information content (AvgIpc) is 2.89. The molecule has 1 saturated carbocycles. The van der Waals surface area contributed by atoms with Gasteiger partial charge in [0.15, 0.2) is 0 Å². The molecule has 3 rings (SSSR count). The first kappa shape index (κ1) is 9.98. The highest BCUT2D eigenvalue weighted by molar-refractivity contribution is 9.10. The van der Waals surface area contributed by atoms with Crippen molar-refractivity contribution in [1.82, 2.24) is 0 Å². The molecular weight excluding hydrogens is 273 g/mol. The monoisotopic (exact) mass is 285 g/mol. The van der Waals surface area contributed by atoms with Crippen LogP contribution in [0.15, 0.2) is 16.6 Å². The summed E-state index contributed by atoms with van der Waals surface area (Å²) in [4.78, 5) is 2.42. The van der Waals surface area contributed by atoms with Crippen LogP contribution in [0.25, 0.3) is 0 Å². The molecule has 0 bridgehead atoms. The topological polar surface area (TPSA) is 3.24 Å². The summed E-state index contributed by atoms with van der Waals surface area (Å²) >= 11 is 9.76. The lowest BCUT2D eigenvalue weighted by Gasteiger charge is -2.42. The fourth-order valence-corrected chi connectivity index (χ4v) is 3.17. The van der Waals surface area contributed by atoms with Gasteiger partial charge in [0.05, 0.1) is 5.69 Å². The van der Waals surface area contributed by atoms with Crippen LogP contribution in [0.2, 0.25) is 5.02 Å². The van der Waals surface area contributed by atoms with Gasteiger partial charge in [0.2, 0.25) is 0 Å². The number of hydrogen-bond donors (Lipinski definition) is 0. The Morgan fingerprint density at radius 2 is 2.00 bits per heavy atom. The second-order valence-electron chi connectivity index (χ2n) is 4.91. The molecule has 80 valence electrons. The molecule has 1 spiro atoms. The lowest BCUT2D eigenvalue weighted by molar-refractivity contribution is 0.387. The van der Waals surface area contributed by atoms with Crippen molar-refractivity contribution < 1.29 is 0 Å². The van der Waals surface area contributed by atoms with Gasteiger partial charge >= 0.3 is 0 Å². The second kappa shape index (κ2) is 3.14. The largest absolute Gasteiger partial charge is 0.369 e. The Hall–Kier alpha value is -0.210. The van der Waals surface area contributed by atoms with Crippen LogP contribution < -0.4 is 4.90 Å². The van der Waals surface area contributed by atoms with Gasteiger partial charge in [-0.1, -0.05) is 11.6 Å². The average molecular weight is 287 g/mol. The number of anilines is 1. The number of hydrogen-bond acceptors (Lipinski definition) is 1. The molecule has 1 nitrogen and oxygen atoms in total. The van der Waals surface area contributed by atoms with Crippen LogP contribution in [0.5, 0.6) is 0 Å². The molecule has 1 heterocycles. The Labute approximate surface area is 104 Å². The van der Waals surface area contributed by atoms with Crippen LogP contribution in [-0.4, -0.2) is 13.1 Å². The highest BCUT2D eigenvalue weighted by atomic mass is 79.9. The summed E-state index contributed by atoms with van der Waals surface area (Å²) in [6.45, 7) is 4.46. The predicted molar refractivity (Wildman–Crippen MR) is 67.8 cm³/mol. The lowest BCUT2D eigenvalue weighted by atomic mass is 9.96. The minimum atomic E-state index is 0.691. The number of halogens is 2. The van der Waals surface area contributed by atoms with Crippen LogP contribution in [0.4, 0.5) is 5.69 Å². The number of rotatable bonds is 1. The van der Waals surface area contributed by atoms with Crippen molar-refractivity contribution >= 4 is 33.2 Å². The van der Waals surface area contributed by atoms with E-state index >= 15 is 0 Å². The summed E-state index contributed by atoms with van der Waals surface area (Å²) in [5.41, 5.74) is 3.08. The molecule has 0 unspecified atom stereocenters. The Morgan fingerprint density at radius 1 is 1.33 bits per heavy atom. The molecular formula is C12H13BrClN. The maximum atomic E-state index is 6.15. The maximum Gasteiger partial charge on any atom is 0.0526 e. The summed E-state index contributed by atoms with van der Waals surface area (Å²) in [5, 5.41) is 0.866. The maximum absolute atomic E-state index is 6.15. The van der Waals surface area contributed by atoms with Gasteiger partial charge in [0.1, 0.15) is 0 Å². The van der Waals surface area contributed by atoms with Crippen molar-refractivity contribution in [2.24, 2.45) is 5.41 Å². The van der Waals surface area contributed by atoms with Gasteiger partial charge in [-0.25, -0.2) is 0 Å². The molecule has 3 heteroatoms. The first-order chi connectivity index (χ1) is 7.10. The SMILES string of the molecule is Cc1cc(Br)c(N2CC3(CC3)C2)cc1Cl. The van der Waals surface area contributed by atoms with Crippen LogP contribution in [0.3, 0.4) is 0 Å². The molecule has 0 radical (unpaired) electrons. The third kappa shape index (κ3) is 1.58. The van der Waals surface area contributed by atoms with Gasteiger partial charge < -0.3 is 4.90 Å². The van der Waals surface area contributed by atoms with E-state index in [4.69, 9.17) is 11.6 Å². The summed E-state index contributed by atoms with van der Waals surface area (Å²) in [5.74, 6) is 0. The van der Waals surface area contributed by atoms with Gasteiger partial charge in [-0.2, -0.15) is 0 Å².